The minimum atomic E-state index is -0.361. The number of aryl methyl sites for hydroxylation is 1. The Morgan fingerprint density at radius 2 is 2.05 bits per heavy atom. The fourth-order valence-electron chi connectivity index (χ4n) is 2.68. The van der Waals surface area contributed by atoms with Crippen LogP contribution in [0.15, 0.2) is 42.5 Å². The van der Waals surface area contributed by atoms with E-state index in [-0.39, 0.29) is 16.7 Å². The van der Waals surface area contributed by atoms with Crippen LogP contribution < -0.4 is 5.32 Å². The SMILES string of the molecule is O=[N+]([O-])c1ccccc1NC1CCc2cc(Cl)ccc21. The van der Waals surface area contributed by atoms with Crippen molar-refractivity contribution in [3.05, 3.63) is 68.7 Å². The zero-order valence-corrected chi connectivity index (χ0v) is 11.4. The molecule has 0 amide bonds. The van der Waals surface area contributed by atoms with Crippen LogP contribution >= 0.6 is 11.6 Å². The Hall–Kier alpha value is -2.07. The number of para-hydroxylation sites is 2. The van der Waals surface area contributed by atoms with Gasteiger partial charge in [-0.25, -0.2) is 0 Å². The fraction of sp³-hybridized carbons (Fsp3) is 0.200. The Labute approximate surface area is 121 Å². The highest BCUT2D eigenvalue weighted by Gasteiger charge is 2.24. The number of hydrogen-bond donors (Lipinski definition) is 1. The number of nitrogens with zero attached hydrogens (tertiary/aromatic N) is 1. The molecule has 1 aliphatic carbocycles. The highest BCUT2D eigenvalue weighted by atomic mass is 35.5. The second kappa shape index (κ2) is 5.13. The van der Waals surface area contributed by atoms with E-state index >= 15 is 0 Å². The molecule has 0 saturated carbocycles. The van der Waals surface area contributed by atoms with Crippen molar-refractivity contribution in [2.45, 2.75) is 18.9 Å². The number of fused-ring (bicyclic) bond motifs is 1. The van der Waals surface area contributed by atoms with Gasteiger partial charge < -0.3 is 5.32 Å². The van der Waals surface area contributed by atoms with Gasteiger partial charge >= 0.3 is 0 Å². The van der Waals surface area contributed by atoms with E-state index in [0.717, 1.165) is 17.9 Å². The Kier molecular flexibility index (Phi) is 3.32. The van der Waals surface area contributed by atoms with Gasteiger partial charge in [0, 0.05) is 11.1 Å². The highest BCUT2D eigenvalue weighted by Crippen LogP contribution is 2.37. The summed E-state index contributed by atoms with van der Waals surface area (Å²) < 4.78 is 0. The second-order valence-electron chi connectivity index (χ2n) is 4.85. The maximum atomic E-state index is 11.0. The summed E-state index contributed by atoms with van der Waals surface area (Å²) in [6.45, 7) is 0. The lowest BCUT2D eigenvalue weighted by molar-refractivity contribution is -0.384. The van der Waals surface area contributed by atoms with Crippen molar-refractivity contribution in [2.75, 3.05) is 5.32 Å². The summed E-state index contributed by atoms with van der Waals surface area (Å²) in [4.78, 5) is 10.7. The molecule has 0 bridgehead atoms. The topological polar surface area (TPSA) is 55.2 Å². The molecule has 0 heterocycles. The molecule has 1 atom stereocenters. The Bertz CT molecular complexity index is 673. The van der Waals surface area contributed by atoms with Gasteiger partial charge in [-0.3, -0.25) is 10.1 Å². The summed E-state index contributed by atoms with van der Waals surface area (Å²) in [6, 6.07) is 12.7. The van der Waals surface area contributed by atoms with E-state index in [1.165, 1.54) is 17.2 Å². The number of rotatable bonds is 3. The van der Waals surface area contributed by atoms with E-state index in [0.29, 0.717) is 5.69 Å². The lowest BCUT2D eigenvalue weighted by Gasteiger charge is -2.15. The first-order chi connectivity index (χ1) is 9.65. The van der Waals surface area contributed by atoms with Crippen molar-refractivity contribution in [3.8, 4) is 0 Å². The summed E-state index contributed by atoms with van der Waals surface area (Å²) >= 11 is 5.99. The maximum absolute atomic E-state index is 11.0. The molecule has 0 aromatic heterocycles. The van der Waals surface area contributed by atoms with Crippen LogP contribution in [0, 0.1) is 10.1 Å². The molecular formula is C15H13ClN2O2. The highest BCUT2D eigenvalue weighted by molar-refractivity contribution is 6.30. The van der Waals surface area contributed by atoms with Gasteiger partial charge in [0.15, 0.2) is 0 Å². The van der Waals surface area contributed by atoms with E-state index < -0.39 is 0 Å². The largest absolute Gasteiger partial charge is 0.373 e. The molecule has 4 nitrogen and oxygen atoms in total. The molecule has 3 rings (SSSR count). The minimum absolute atomic E-state index is 0.100. The molecule has 0 aliphatic heterocycles. The third-order valence-corrected chi connectivity index (χ3v) is 3.85. The zero-order valence-electron chi connectivity index (χ0n) is 10.7. The number of halogens is 1. The Morgan fingerprint density at radius 3 is 2.85 bits per heavy atom. The Balaban J connectivity index is 1.90. The van der Waals surface area contributed by atoms with Crippen molar-refractivity contribution in [1.82, 2.24) is 0 Å². The molecule has 1 aliphatic rings. The third-order valence-electron chi connectivity index (χ3n) is 3.61. The summed E-state index contributed by atoms with van der Waals surface area (Å²) in [5, 5.41) is 15.0. The first kappa shape index (κ1) is 12.9. The number of hydrogen-bond acceptors (Lipinski definition) is 3. The molecule has 0 spiro atoms. The molecule has 2 aromatic rings. The standard InChI is InChI=1S/C15H13ClN2O2/c16-11-6-7-12-10(9-11)5-8-13(12)17-14-3-1-2-4-15(14)18(19)20/h1-4,6-7,9,13,17H,5,8H2. The van der Waals surface area contributed by atoms with Gasteiger partial charge in [0.05, 0.1) is 11.0 Å². The maximum Gasteiger partial charge on any atom is 0.292 e. The van der Waals surface area contributed by atoms with Gasteiger partial charge in [-0.1, -0.05) is 29.8 Å². The van der Waals surface area contributed by atoms with Crippen LogP contribution in [0.25, 0.3) is 0 Å². The van der Waals surface area contributed by atoms with Crippen LogP contribution in [0.2, 0.25) is 5.02 Å². The van der Waals surface area contributed by atoms with Gasteiger partial charge in [-0.2, -0.15) is 0 Å². The van der Waals surface area contributed by atoms with Crippen LogP contribution in [-0.2, 0) is 6.42 Å². The number of nitrogens with one attached hydrogen (secondary N) is 1. The summed E-state index contributed by atoms with van der Waals surface area (Å²) in [7, 11) is 0. The van der Waals surface area contributed by atoms with E-state index in [1.807, 2.05) is 18.2 Å². The predicted octanol–water partition coefficient (Wildman–Crippen LogP) is 4.35. The monoisotopic (exact) mass is 288 g/mol. The quantitative estimate of drug-likeness (QED) is 0.675. The first-order valence-corrected chi connectivity index (χ1v) is 6.81. The van der Waals surface area contributed by atoms with Crippen molar-refractivity contribution < 1.29 is 4.92 Å². The van der Waals surface area contributed by atoms with Gasteiger partial charge in [-0.15, -0.1) is 0 Å². The van der Waals surface area contributed by atoms with E-state index in [1.54, 1.807) is 18.2 Å². The molecule has 102 valence electrons. The number of benzene rings is 2. The fourth-order valence-corrected chi connectivity index (χ4v) is 2.87. The van der Waals surface area contributed by atoms with E-state index in [4.69, 9.17) is 11.6 Å². The summed E-state index contributed by atoms with van der Waals surface area (Å²) in [6.07, 6.45) is 1.86. The number of anilines is 1. The summed E-state index contributed by atoms with van der Waals surface area (Å²) in [5.41, 5.74) is 3.06. The number of nitro benzene ring substituents is 1. The molecule has 0 radical (unpaired) electrons. The van der Waals surface area contributed by atoms with Crippen LogP contribution in [0.3, 0.4) is 0 Å². The lowest BCUT2D eigenvalue weighted by atomic mass is 10.1. The van der Waals surface area contributed by atoms with Gasteiger partial charge in [-0.05, 0) is 42.2 Å². The van der Waals surface area contributed by atoms with Gasteiger partial charge in [0.25, 0.3) is 5.69 Å². The van der Waals surface area contributed by atoms with Crippen molar-refractivity contribution in [1.29, 1.82) is 0 Å². The van der Waals surface area contributed by atoms with Crippen LogP contribution in [0.5, 0.6) is 0 Å². The molecule has 20 heavy (non-hydrogen) atoms. The first-order valence-electron chi connectivity index (χ1n) is 6.43. The molecule has 1 N–H and O–H groups in total. The molecule has 5 heteroatoms. The van der Waals surface area contributed by atoms with Gasteiger partial charge in [0.2, 0.25) is 0 Å². The van der Waals surface area contributed by atoms with Gasteiger partial charge in [0.1, 0.15) is 5.69 Å². The number of nitro groups is 1. The van der Waals surface area contributed by atoms with Crippen LogP contribution in [-0.4, -0.2) is 4.92 Å². The van der Waals surface area contributed by atoms with E-state index in [2.05, 4.69) is 5.32 Å². The van der Waals surface area contributed by atoms with Crippen molar-refractivity contribution in [2.24, 2.45) is 0 Å². The smallest absolute Gasteiger partial charge is 0.292 e. The van der Waals surface area contributed by atoms with E-state index in [9.17, 15) is 10.1 Å². The van der Waals surface area contributed by atoms with Crippen LogP contribution in [0.1, 0.15) is 23.6 Å². The molecule has 0 fully saturated rings. The summed E-state index contributed by atoms with van der Waals surface area (Å²) in [5.74, 6) is 0. The average Bonchev–Trinajstić information content (AvgIpc) is 2.81. The normalized spacial score (nSPS) is 16.8. The molecular weight excluding hydrogens is 276 g/mol. The average molecular weight is 289 g/mol. The Morgan fingerprint density at radius 1 is 1.25 bits per heavy atom. The van der Waals surface area contributed by atoms with Crippen LogP contribution in [0.4, 0.5) is 11.4 Å². The molecule has 1 unspecified atom stereocenters. The predicted molar refractivity (Wildman–Crippen MR) is 79.2 cm³/mol. The second-order valence-corrected chi connectivity index (χ2v) is 5.29. The lowest BCUT2D eigenvalue weighted by Crippen LogP contribution is -2.08. The molecule has 2 aromatic carbocycles. The third kappa shape index (κ3) is 2.34. The minimum Gasteiger partial charge on any atom is -0.373 e. The van der Waals surface area contributed by atoms with Crippen molar-refractivity contribution in [3.63, 3.8) is 0 Å². The van der Waals surface area contributed by atoms with Crippen molar-refractivity contribution >= 4 is 23.0 Å². The molecule has 0 saturated heterocycles. The zero-order chi connectivity index (χ0) is 14.1.